The topological polar surface area (TPSA) is 88.1 Å². The molecule has 0 unspecified atom stereocenters. The van der Waals surface area contributed by atoms with E-state index in [1.54, 1.807) is 31.4 Å². The highest BCUT2D eigenvalue weighted by Gasteiger charge is 2.29. The number of sulfonamides is 1. The summed E-state index contributed by atoms with van der Waals surface area (Å²) in [5.74, 6) is 0.290. The molecular weight excluding hydrogens is 342 g/mol. The van der Waals surface area contributed by atoms with Crippen LogP contribution in [0.1, 0.15) is 37.7 Å². The molecule has 1 aliphatic carbocycles. The summed E-state index contributed by atoms with van der Waals surface area (Å²) < 4.78 is 30.4. The van der Waals surface area contributed by atoms with Crippen LogP contribution < -0.4 is 10.2 Å². The summed E-state index contributed by atoms with van der Waals surface area (Å²) in [5, 5.41) is 3.89. The molecule has 1 aliphatic rings. The lowest BCUT2D eigenvalue weighted by Gasteiger charge is -2.31. The van der Waals surface area contributed by atoms with Gasteiger partial charge < -0.3 is 4.74 Å². The standard InChI is InChI=1S/C17H25N3O4S/c1-24-16-10-8-14(9-11-16)12-18-19-17(21)13-20(25(2,22)23)15-6-4-3-5-7-15/h8-12,15H,3-7,13H2,1-2H3,(H,19,21). The van der Waals surface area contributed by atoms with Crippen LogP contribution in [0.2, 0.25) is 0 Å². The van der Waals surface area contributed by atoms with Crippen LogP contribution in [0.25, 0.3) is 0 Å². The summed E-state index contributed by atoms with van der Waals surface area (Å²) in [6.45, 7) is -0.205. The first-order chi connectivity index (χ1) is 11.9. The van der Waals surface area contributed by atoms with Crippen LogP contribution in [0.5, 0.6) is 5.75 Å². The molecule has 1 aromatic rings. The zero-order chi connectivity index (χ0) is 18.3. The molecule has 8 heteroatoms. The zero-order valence-corrected chi connectivity index (χ0v) is 15.5. The Morgan fingerprint density at radius 1 is 1.28 bits per heavy atom. The van der Waals surface area contributed by atoms with Crippen LogP contribution in [-0.4, -0.2) is 50.8 Å². The Hall–Kier alpha value is -1.93. The third-order valence-electron chi connectivity index (χ3n) is 4.23. The van der Waals surface area contributed by atoms with Gasteiger partial charge in [-0.3, -0.25) is 4.79 Å². The van der Waals surface area contributed by atoms with Crippen LogP contribution >= 0.6 is 0 Å². The lowest BCUT2D eigenvalue weighted by atomic mass is 9.95. The molecule has 0 aliphatic heterocycles. The number of ether oxygens (including phenoxy) is 1. The smallest absolute Gasteiger partial charge is 0.255 e. The number of methoxy groups -OCH3 is 1. The summed E-state index contributed by atoms with van der Waals surface area (Å²) in [7, 11) is -1.85. The molecular formula is C17H25N3O4S. The number of carbonyl (C=O) groups excluding carboxylic acids is 1. The minimum absolute atomic E-state index is 0.0972. The Labute approximate surface area is 149 Å². The molecule has 138 valence electrons. The van der Waals surface area contributed by atoms with E-state index in [1.165, 1.54) is 10.5 Å². The molecule has 2 rings (SSSR count). The van der Waals surface area contributed by atoms with E-state index in [4.69, 9.17) is 4.74 Å². The maximum Gasteiger partial charge on any atom is 0.255 e. The van der Waals surface area contributed by atoms with Gasteiger partial charge in [-0.05, 0) is 42.7 Å². The van der Waals surface area contributed by atoms with Crippen LogP contribution in [0.3, 0.4) is 0 Å². The maximum atomic E-state index is 12.1. The predicted octanol–water partition coefficient (Wildman–Crippen LogP) is 1.74. The second-order valence-corrected chi connectivity index (χ2v) is 8.10. The lowest BCUT2D eigenvalue weighted by molar-refractivity contribution is -0.121. The molecule has 0 heterocycles. The van der Waals surface area contributed by atoms with Crippen molar-refractivity contribution in [2.24, 2.45) is 5.10 Å². The Morgan fingerprint density at radius 2 is 1.92 bits per heavy atom. The van der Waals surface area contributed by atoms with Crippen molar-refractivity contribution in [3.05, 3.63) is 29.8 Å². The molecule has 25 heavy (non-hydrogen) atoms. The third kappa shape index (κ3) is 6.13. The first kappa shape index (κ1) is 19.4. The van der Waals surface area contributed by atoms with Crippen LogP contribution in [0.4, 0.5) is 0 Å². The van der Waals surface area contributed by atoms with E-state index in [-0.39, 0.29) is 12.6 Å². The van der Waals surface area contributed by atoms with Crippen molar-refractivity contribution >= 4 is 22.1 Å². The first-order valence-corrected chi connectivity index (χ1v) is 10.2. The minimum Gasteiger partial charge on any atom is -0.497 e. The number of hydrazone groups is 1. The molecule has 1 N–H and O–H groups in total. The predicted molar refractivity (Wildman–Crippen MR) is 97.2 cm³/mol. The van der Waals surface area contributed by atoms with Crippen molar-refractivity contribution in [1.82, 2.24) is 9.73 Å². The average molecular weight is 367 g/mol. The van der Waals surface area contributed by atoms with Crippen molar-refractivity contribution < 1.29 is 17.9 Å². The number of benzene rings is 1. The summed E-state index contributed by atoms with van der Waals surface area (Å²) in [6, 6.07) is 7.09. The second-order valence-electron chi connectivity index (χ2n) is 6.17. The Morgan fingerprint density at radius 3 is 2.48 bits per heavy atom. The maximum absolute atomic E-state index is 12.1. The van der Waals surface area contributed by atoms with E-state index >= 15 is 0 Å². The van der Waals surface area contributed by atoms with E-state index in [0.29, 0.717) is 0 Å². The largest absolute Gasteiger partial charge is 0.497 e. The molecule has 1 amide bonds. The quantitative estimate of drug-likeness (QED) is 0.587. The molecule has 0 saturated heterocycles. The second kappa shape index (κ2) is 8.96. The number of rotatable bonds is 7. The number of carbonyl (C=O) groups is 1. The number of nitrogens with one attached hydrogen (secondary N) is 1. The highest BCUT2D eigenvalue weighted by atomic mass is 32.2. The van der Waals surface area contributed by atoms with Gasteiger partial charge in [0.2, 0.25) is 10.0 Å². The van der Waals surface area contributed by atoms with E-state index in [9.17, 15) is 13.2 Å². The third-order valence-corrected chi connectivity index (χ3v) is 5.51. The first-order valence-electron chi connectivity index (χ1n) is 8.33. The average Bonchev–Trinajstić information content (AvgIpc) is 2.60. The molecule has 7 nitrogen and oxygen atoms in total. The fraction of sp³-hybridized carbons (Fsp3) is 0.529. The monoisotopic (exact) mass is 367 g/mol. The molecule has 0 bridgehead atoms. The van der Waals surface area contributed by atoms with Gasteiger partial charge in [-0.15, -0.1) is 0 Å². The summed E-state index contributed by atoms with van der Waals surface area (Å²) in [6.07, 6.45) is 7.36. The molecule has 0 atom stereocenters. The highest BCUT2D eigenvalue weighted by molar-refractivity contribution is 7.88. The Balaban J connectivity index is 1.92. The molecule has 1 saturated carbocycles. The van der Waals surface area contributed by atoms with E-state index in [0.717, 1.165) is 49.7 Å². The van der Waals surface area contributed by atoms with Gasteiger partial charge in [0.15, 0.2) is 0 Å². The van der Waals surface area contributed by atoms with Gasteiger partial charge in [0.25, 0.3) is 5.91 Å². The molecule has 1 aromatic carbocycles. The Bertz CT molecular complexity index is 695. The van der Waals surface area contributed by atoms with Gasteiger partial charge >= 0.3 is 0 Å². The van der Waals surface area contributed by atoms with Crippen molar-refractivity contribution in [2.75, 3.05) is 19.9 Å². The van der Waals surface area contributed by atoms with Crippen molar-refractivity contribution in [3.63, 3.8) is 0 Å². The van der Waals surface area contributed by atoms with Gasteiger partial charge in [-0.1, -0.05) is 19.3 Å². The molecule has 0 radical (unpaired) electrons. The summed E-state index contributed by atoms with van der Waals surface area (Å²) >= 11 is 0. The molecule has 0 aromatic heterocycles. The number of hydrogen-bond donors (Lipinski definition) is 1. The van der Waals surface area contributed by atoms with Crippen molar-refractivity contribution in [3.8, 4) is 5.75 Å². The minimum atomic E-state index is -3.44. The van der Waals surface area contributed by atoms with E-state index in [2.05, 4.69) is 10.5 Å². The SMILES string of the molecule is COc1ccc(C=NNC(=O)CN(C2CCCCC2)S(C)(=O)=O)cc1. The fourth-order valence-corrected chi connectivity index (χ4v) is 4.04. The highest BCUT2D eigenvalue weighted by Crippen LogP contribution is 2.24. The fourth-order valence-electron chi connectivity index (χ4n) is 2.93. The van der Waals surface area contributed by atoms with Gasteiger partial charge in [0, 0.05) is 6.04 Å². The zero-order valence-electron chi connectivity index (χ0n) is 14.6. The molecule has 0 spiro atoms. The lowest BCUT2D eigenvalue weighted by Crippen LogP contribution is -2.45. The van der Waals surface area contributed by atoms with Gasteiger partial charge in [-0.2, -0.15) is 9.41 Å². The van der Waals surface area contributed by atoms with E-state index < -0.39 is 15.9 Å². The normalized spacial score (nSPS) is 16.3. The summed E-state index contributed by atoms with van der Waals surface area (Å²) in [5.41, 5.74) is 3.19. The van der Waals surface area contributed by atoms with Crippen LogP contribution in [0, 0.1) is 0 Å². The van der Waals surface area contributed by atoms with Gasteiger partial charge in [-0.25, -0.2) is 13.8 Å². The van der Waals surface area contributed by atoms with Gasteiger partial charge in [0.05, 0.1) is 26.1 Å². The number of hydrogen-bond acceptors (Lipinski definition) is 5. The van der Waals surface area contributed by atoms with Crippen molar-refractivity contribution in [2.45, 2.75) is 38.1 Å². The Kier molecular flexibility index (Phi) is 6.95. The molecule has 1 fully saturated rings. The van der Waals surface area contributed by atoms with Crippen molar-refractivity contribution in [1.29, 1.82) is 0 Å². The van der Waals surface area contributed by atoms with Gasteiger partial charge in [0.1, 0.15) is 5.75 Å². The van der Waals surface area contributed by atoms with E-state index in [1.807, 2.05) is 0 Å². The summed E-state index contributed by atoms with van der Waals surface area (Å²) in [4.78, 5) is 12.1. The van der Waals surface area contributed by atoms with Crippen LogP contribution in [0.15, 0.2) is 29.4 Å². The van der Waals surface area contributed by atoms with Crippen LogP contribution in [-0.2, 0) is 14.8 Å². The number of nitrogens with zero attached hydrogens (tertiary/aromatic N) is 2. The number of amides is 1.